The van der Waals surface area contributed by atoms with Crippen molar-refractivity contribution in [2.75, 3.05) is 6.54 Å². The van der Waals surface area contributed by atoms with Crippen molar-refractivity contribution in [1.29, 1.82) is 0 Å². The van der Waals surface area contributed by atoms with Crippen LogP contribution in [0.3, 0.4) is 0 Å². The molecule has 3 N–H and O–H groups in total. The van der Waals surface area contributed by atoms with Crippen molar-refractivity contribution in [3.63, 3.8) is 0 Å². The maximum absolute atomic E-state index is 12.7. The molecule has 30 heavy (non-hydrogen) atoms. The number of amides is 1. The Morgan fingerprint density at radius 2 is 2.00 bits per heavy atom. The molecule has 0 spiro atoms. The molecule has 0 saturated carbocycles. The number of nitrogens with zero attached hydrogens (tertiary/aromatic N) is 2. The van der Waals surface area contributed by atoms with Crippen molar-refractivity contribution in [3.8, 4) is 11.3 Å². The van der Waals surface area contributed by atoms with E-state index in [1.807, 2.05) is 42.5 Å². The molecule has 1 amide bonds. The number of hydrogen-bond acceptors (Lipinski definition) is 6. The predicted molar refractivity (Wildman–Crippen MR) is 124 cm³/mol. The van der Waals surface area contributed by atoms with Gasteiger partial charge in [0, 0.05) is 25.1 Å². The predicted octanol–water partition coefficient (Wildman–Crippen LogP) is 4.05. The van der Waals surface area contributed by atoms with E-state index in [4.69, 9.17) is 23.1 Å². The average Bonchev–Trinajstić information content (AvgIpc) is 3.00. The summed E-state index contributed by atoms with van der Waals surface area (Å²) in [5, 5.41) is 8.69. The monoisotopic (exact) mass is 441 g/mol. The molecule has 1 fully saturated rings. The van der Waals surface area contributed by atoms with E-state index in [-0.39, 0.29) is 12.3 Å². The molecule has 156 valence electrons. The van der Waals surface area contributed by atoms with Gasteiger partial charge in [-0.3, -0.25) is 14.5 Å². The number of rotatable bonds is 9. The van der Waals surface area contributed by atoms with Crippen LogP contribution in [0.2, 0.25) is 0 Å². The fraction of sp³-hybridized carbons (Fsp3) is 0.273. The highest BCUT2D eigenvalue weighted by Crippen LogP contribution is 2.33. The van der Waals surface area contributed by atoms with Crippen molar-refractivity contribution in [3.05, 3.63) is 58.6 Å². The van der Waals surface area contributed by atoms with E-state index in [9.17, 15) is 9.59 Å². The summed E-state index contributed by atoms with van der Waals surface area (Å²) >= 11 is 6.63. The van der Waals surface area contributed by atoms with Crippen LogP contribution in [-0.4, -0.2) is 37.7 Å². The number of aromatic nitrogens is 1. The lowest BCUT2D eigenvalue weighted by molar-refractivity contribution is -0.137. The third-order valence-corrected chi connectivity index (χ3v) is 6.03. The Balaban J connectivity index is 1.69. The van der Waals surface area contributed by atoms with E-state index < -0.39 is 5.97 Å². The van der Waals surface area contributed by atoms with Gasteiger partial charge in [-0.15, -0.1) is 0 Å². The van der Waals surface area contributed by atoms with Crippen LogP contribution < -0.4 is 5.73 Å². The van der Waals surface area contributed by atoms with Gasteiger partial charge in [0.15, 0.2) is 0 Å². The number of carbonyl (C=O) groups excluding carboxylic acids is 1. The molecule has 2 aromatic rings. The average molecular weight is 442 g/mol. The largest absolute Gasteiger partial charge is 0.481 e. The van der Waals surface area contributed by atoms with Gasteiger partial charge in [0.25, 0.3) is 5.91 Å². The van der Waals surface area contributed by atoms with Gasteiger partial charge in [-0.1, -0.05) is 54.7 Å². The highest BCUT2D eigenvalue weighted by atomic mass is 32.2. The van der Waals surface area contributed by atoms with E-state index in [1.54, 1.807) is 11.0 Å². The van der Waals surface area contributed by atoms with Crippen molar-refractivity contribution in [2.45, 2.75) is 32.2 Å². The molecule has 2 heterocycles. The normalized spacial score (nSPS) is 15.2. The Morgan fingerprint density at radius 1 is 1.20 bits per heavy atom. The number of carboxylic acids is 1. The van der Waals surface area contributed by atoms with Gasteiger partial charge in [0.1, 0.15) is 4.32 Å². The number of unbranched alkanes of at least 4 members (excludes halogenated alkanes) is 2. The standard InChI is InChI=1S/C22H23N3O3S2/c23-14-15-6-4-7-16(12-15)18-9-5-8-17(24-18)13-19-21(28)25(22(29)30-19)11-3-1-2-10-20(26)27/h4-9,12-13H,1-3,10-11,14,23H2,(H,26,27). The van der Waals surface area contributed by atoms with Gasteiger partial charge in [0.2, 0.25) is 0 Å². The van der Waals surface area contributed by atoms with Crippen LogP contribution in [0.15, 0.2) is 47.4 Å². The van der Waals surface area contributed by atoms with E-state index in [1.165, 1.54) is 11.8 Å². The Kier molecular flexibility index (Phi) is 7.73. The number of carbonyl (C=O) groups is 2. The first-order valence-electron chi connectivity index (χ1n) is 9.71. The van der Waals surface area contributed by atoms with Gasteiger partial charge < -0.3 is 10.8 Å². The van der Waals surface area contributed by atoms with E-state index in [2.05, 4.69) is 4.98 Å². The van der Waals surface area contributed by atoms with Crippen LogP contribution in [0.5, 0.6) is 0 Å². The summed E-state index contributed by atoms with van der Waals surface area (Å²) in [7, 11) is 0. The first kappa shape index (κ1) is 22.1. The van der Waals surface area contributed by atoms with E-state index in [0.717, 1.165) is 29.7 Å². The van der Waals surface area contributed by atoms with E-state index in [0.29, 0.717) is 34.4 Å². The maximum atomic E-state index is 12.7. The Hall–Kier alpha value is -2.55. The highest BCUT2D eigenvalue weighted by molar-refractivity contribution is 8.26. The Labute approximate surface area is 185 Å². The minimum Gasteiger partial charge on any atom is -0.481 e. The van der Waals surface area contributed by atoms with Crippen molar-refractivity contribution in [1.82, 2.24) is 9.88 Å². The van der Waals surface area contributed by atoms with Crippen molar-refractivity contribution >= 4 is 46.3 Å². The summed E-state index contributed by atoms with van der Waals surface area (Å²) in [6.45, 7) is 0.966. The quantitative estimate of drug-likeness (QED) is 0.344. The Bertz CT molecular complexity index is 991. The summed E-state index contributed by atoms with van der Waals surface area (Å²) in [5.74, 6) is -0.923. The molecule has 0 radical (unpaired) electrons. The third kappa shape index (κ3) is 5.75. The number of hydrogen-bond donors (Lipinski definition) is 2. The second-order valence-electron chi connectivity index (χ2n) is 6.89. The van der Waals surface area contributed by atoms with Crippen LogP contribution in [0.4, 0.5) is 0 Å². The summed E-state index contributed by atoms with van der Waals surface area (Å²) in [5.41, 5.74) is 9.23. The van der Waals surface area contributed by atoms with Crippen LogP contribution in [0.1, 0.15) is 36.9 Å². The number of benzene rings is 1. The molecule has 0 unspecified atom stereocenters. The molecule has 1 aliphatic rings. The number of aliphatic carboxylic acids is 1. The number of nitrogens with two attached hydrogens (primary N) is 1. The molecule has 1 saturated heterocycles. The molecule has 0 atom stereocenters. The number of carboxylic acid groups (broad SMARTS) is 1. The third-order valence-electron chi connectivity index (χ3n) is 4.65. The fourth-order valence-corrected chi connectivity index (χ4v) is 4.39. The first-order chi connectivity index (χ1) is 14.5. The van der Waals surface area contributed by atoms with Gasteiger partial charge in [0.05, 0.1) is 16.3 Å². The van der Waals surface area contributed by atoms with Crippen LogP contribution in [0, 0.1) is 0 Å². The zero-order valence-corrected chi connectivity index (χ0v) is 18.0. The number of thioether (sulfide) groups is 1. The Morgan fingerprint density at radius 3 is 2.77 bits per heavy atom. The summed E-state index contributed by atoms with van der Waals surface area (Å²) in [6, 6.07) is 13.6. The van der Waals surface area contributed by atoms with Crippen molar-refractivity contribution < 1.29 is 14.7 Å². The number of pyridine rings is 1. The minimum atomic E-state index is -0.798. The molecule has 1 aliphatic heterocycles. The molecule has 0 aliphatic carbocycles. The molecule has 3 rings (SSSR count). The topological polar surface area (TPSA) is 96.5 Å². The van der Waals surface area contributed by atoms with Gasteiger partial charge in [-0.25, -0.2) is 4.98 Å². The molecular weight excluding hydrogens is 418 g/mol. The van der Waals surface area contributed by atoms with Gasteiger partial charge in [-0.2, -0.15) is 0 Å². The smallest absolute Gasteiger partial charge is 0.303 e. The summed E-state index contributed by atoms with van der Waals surface area (Å²) in [4.78, 5) is 30.1. The first-order valence-corrected chi connectivity index (χ1v) is 10.9. The second kappa shape index (κ2) is 10.5. The van der Waals surface area contributed by atoms with Crippen LogP contribution in [-0.2, 0) is 16.1 Å². The SMILES string of the molecule is NCc1cccc(-c2cccc(C=C3SC(=S)N(CCCCCC(=O)O)C3=O)n2)c1. The fourth-order valence-electron chi connectivity index (χ4n) is 3.10. The minimum absolute atomic E-state index is 0.124. The zero-order chi connectivity index (χ0) is 21.5. The molecule has 6 nitrogen and oxygen atoms in total. The molecule has 1 aromatic heterocycles. The number of thiocarbonyl (C=S) groups is 1. The summed E-state index contributed by atoms with van der Waals surface area (Å²) in [6.07, 6.45) is 3.97. The lowest BCUT2D eigenvalue weighted by atomic mass is 10.1. The second-order valence-corrected chi connectivity index (χ2v) is 8.57. The van der Waals surface area contributed by atoms with Crippen molar-refractivity contribution in [2.24, 2.45) is 5.73 Å². The maximum Gasteiger partial charge on any atom is 0.303 e. The molecule has 0 bridgehead atoms. The van der Waals surface area contributed by atoms with Gasteiger partial charge >= 0.3 is 5.97 Å². The molecular formula is C22H23N3O3S2. The van der Waals surface area contributed by atoms with Crippen LogP contribution >= 0.6 is 24.0 Å². The van der Waals surface area contributed by atoms with E-state index >= 15 is 0 Å². The lowest BCUT2D eigenvalue weighted by Crippen LogP contribution is -2.29. The van der Waals surface area contributed by atoms with Crippen LogP contribution in [0.25, 0.3) is 17.3 Å². The summed E-state index contributed by atoms with van der Waals surface area (Å²) < 4.78 is 0.524. The lowest BCUT2D eigenvalue weighted by Gasteiger charge is -2.13. The zero-order valence-electron chi connectivity index (χ0n) is 16.4. The molecule has 1 aromatic carbocycles. The van der Waals surface area contributed by atoms with Gasteiger partial charge in [-0.05, 0) is 42.7 Å². The highest BCUT2D eigenvalue weighted by Gasteiger charge is 2.31. The molecule has 8 heteroatoms.